The molecule has 0 aliphatic heterocycles. The van der Waals surface area contributed by atoms with E-state index in [0.29, 0.717) is 0 Å². The molecule has 1 fully saturated rings. The molecule has 1 saturated carbocycles. The molecule has 21 heavy (non-hydrogen) atoms. The summed E-state index contributed by atoms with van der Waals surface area (Å²) in [5, 5.41) is 20.4. The molecule has 1 aromatic carbocycles. The molecule has 6 heteroatoms. The van der Waals surface area contributed by atoms with Crippen molar-refractivity contribution in [3.63, 3.8) is 0 Å². The van der Waals surface area contributed by atoms with Crippen LogP contribution < -0.4 is 5.32 Å². The lowest BCUT2D eigenvalue weighted by Gasteiger charge is -2.27. The molecule has 110 valence electrons. The maximum Gasteiger partial charge on any atom is 0.273 e. The average Bonchev–Trinajstić information content (AvgIpc) is 3.18. The number of carbonyl (C=O) groups is 1. The highest BCUT2D eigenvalue weighted by Gasteiger charge is 2.35. The lowest BCUT2D eigenvalue weighted by molar-refractivity contribution is 0.0833. The maximum atomic E-state index is 12.3. The zero-order valence-corrected chi connectivity index (χ0v) is 11.7. The molecule has 1 amide bonds. The lowest BCUT2D eigenvalue weighted by atomic mass is 9.99. The second-order valence-corrected chi connectivity index (χ2v) is 5.48. The Balaban J connectivity index is 1.75. The summed E-state index contributed by atoms with van der Waals surface area (Å²) in [6.45, 7) is -0.0361. The first-order valence-electron chi connectivity index (χ1n) is 7.14. The highest BCUT2D eigenvalue weighted by atomic mass is 16.3. The van der Waals surface area contributed by atoms with Gasteiger partial charge < -0.3 is 10.4 Å². The maximum absolute atomic E-state index is 12.3. The van der Waals surface area contributed by atoms with Crippen LogP contribution in [0.5, 0.6) is 0 Å². The van der Waals surface area contributed by atoms with E-state index in [1.165, 1.54) is 0 Å². The summed E-state index contributed by atoms with van der Waals surface area (Å²) in [5.41, 5.74) is 0.619. The minimum absolute atomic E-state index is 0.0361. The Kier molecular flexibility index (Phi) is 3.70. The molecule has 2 aromatic rings. The highest BCUT2D eigenvalue weighted by Crippen LogP contribution is 2.29. The number of aliphatic hydroxyl groups is 1. The molecule has 0 bridgehead atoms. The smallest absolute Gasteiger partial charge is 0.273 e. The van der Waals surface area contributed by atoms with Crippen molar-refractivity contribution < 1.29 is 9.90 Å². The Morgan fingerprint density at radius 1 is 1.29 bits per heavy atom. The van der Waals surface area contributed by atoms with E-state index in [9.17, 15) is 9.90 Å². The van der Waals surface area contributed by atoms with Gasteiger partial charge in [-0.15, -0.1) is 5.10 Å². The van der Waals surface area contributed by atoms with Gasteiger partial charge in [-0.05, 0) is 25.0 Å². The lowest BCUT2D eigenvalue weighted by Crippen LogP contribution is -2.49. The first-order valence-corrected chi connectivity index (χ1v) is 7.14. The number of aliphatic hydroxyl groups excluding tert-OH is 1. The van der Waals surface area contributed by atoms with Crippen LogP contribution in [0.3, 0.4) is 0 Å². The number of rotatable bonds is 4. The van der Waals surface area contributed by atoms with Gasteiger partial charge in [-0.3, -0.25) is 4.79 Å². The largest absolute Gasteiger partial charge is 0.394 e. The molecule has 1 aliphatic rings. The Labute approximate surface area is 122 Å². The average molecular weight is 286 g/mol. The SMILES string of the molecule is O=C(NC1(CO)CCCC1)c1cn(-c2ccccc2)nn1. The fourth-order valence-corrected chi connectivity index (χ4v) is 2.75. The van der Waals surface area contributed by atoms with Crippen molar-refractivity contribution in [1.29, 1.82) is 0 Å². The predicted octanol–water partition coefficient (Wildman–Crippen LogP) is 1.30. The van der Waals surface area contributed by atoms with E-state index in [4.69, 9.17) is 0 Å². The molecule has 6 nitrogen and oxygen atoms in total. The van der Waals surface area contributed by atoms with Crippen LogP contribution in [0.1, 0.15) is 36.2 Å². The third-order valence-corrected chi connectivity index (χ3v) is 3.99. The number of aromatic nitrogens is 3. The number of hydrogen-bond donors (Lipinski definition) is 2. The zero-order valence-electron chi connectivity index (χ0n) is 11.7. The van der Waals surface area contributed by atoms with E-state index in [1.807, 2.05) is 30.3 Å². The van der Waals surface area contributed by atoms with Crippen molar-refractivity contribution in [2.45, 2.75) is 31.2 Å². The van der Waals surface area contributed by atoms with Crippen LogP contribution in [0.25, 0.3) is 5.69 Å². The van der Waals surface area contributed by atoms with Gasteiger partial charge in [0.15, 0.2) is 5.69 Å². The van der Waals surface area contributed by atoms with Crippen molar-refractivity contribution in [3.05, 3.63) is 42.2 Å². The number of carbonyl (C=O) groups excluding carboxylic acids is 1. The summed E-state index contributed by atoms with van der Waals surface area (Å²) in [5.74, 6) is -0.284. The summed E-state index contributed by atoms with van der Waals surface area (Å²) in [4.78, 5) is 12.3. The van der Waals surface area contributed by atoms with Crippen LogP contribution in [0.2, 0.25) is 0 Å². The fraction of sp³-hybridized carbons (Fsp3) is 0.400. The molecule has 1 heterocycles. The number of amides is 1. The van der Waals surface area contributed by atoms with Gasteiger partial charge in [0.1, 0.15) is 0 Å². The van der Waals surface area contributed by atoms with E-state index in [1.54, 1.807) is 10.9 Å². The second kappa shape index (κ2) is 5.65. The number of para-hydroxylation sites is 1. The van der Waals surface area contributed by atoms with Gasteiger partial charge in [0.25, 0.3) is 5.91 Å². The predicted molar refractivity (Wildman–Crippen MR) is 77.1 cm³/mol. The molecule has 3 rings (SSSR count). The van der Waals surface area contributed by atoms with Crippen LogP contribution in [-0.4, -0.2) is 38.2 Å². The summed E-state index contributed by atoms with van der Waals surface area (Å²) in [6.07, 6.45) is 5.27. The van der Waals surface area contributed by atoms with Crippen molar-refractivity contribution in [2.24, 2.45) is 0 Å². The summed E-state index contributed by atoms with van der Waals surface area (Å²) < 4.78 is 1.56. The van der Waals surface area contributed by atoms with Gasteiger partial charge >= 0.3 is 0 Å². The number of nitrogens with one attached hydrogen (secondary N) is 1. The molecule has 0 atom stereocenters. The normalized spacial score (nSPS) is 16.8. The monoisotopic (exact) mass is 286 g/mol. The number of hydrogen-bond acceptors (Lipinski definition) is 4. The van der Waals surface area contributed by atoms with Crippen molar-refractivity contribution >= 4 is 5.91 Å². The molecular formula is C15H18N4O2. The first kappa shape index (κ1) is 13.8. The van der Waals surface area contributed by atoms with Gasteiger partial charge in [0.2, 0.25) is 0 Å². The van der Waals surface area contributed by atoms with E-state index in [0.717, 1.165) is 31.4 Å². The molecule has 0 saturated heterocycles. The Hall–Kier alpha value is -2.21. The second-order valence-electron chi connectivity index (χ2n) is 5.48. The molecular weight excluding hydrogens is 268 g/mol. The minimum Gasteiger partial charge on any atom is -0.394 e. The first-order chi connectivity index (χ1) is 10.2. The van der Waals surface area contributed by atoms with Gasteiger partial charge in [-0.2, -0.15) is 0 Å². The molecule has 1 aromatic heterocycles. The van der Waals surface area contributed by atoms with Crippen LogP contribution in [-0.2, 0) is 0 Å². The Bertz CT molecular complexity index is 618. The molecule has 0 spiro atoms. The van der Waals surface area contributed by atoms with E-state index in [2.05, 4.69) is 15.6 Å². The van der Waals surface area contributed by atoms with Crippen molar-refractivity contribution in [2.75, 3.05) is 6.61 Å². The molecule has 2 N–H and O–H groups in total. The van der Waals surface area contributed by atoms with Crippen LogP contribution >= 0.6 is 0 Å². The fourth-order valence-electron chi connectivity index (χ4n) is 2.75. The Morgan fingerprint density at radius 3 is 2.67 bits per heavy atom. The summed E-state index contributed by atoms with van der Waals surface area (Å²) >= 11 is 0. The minimum atomic E-state index is -0.492. The van der Waals surface area contributed by atoms with Gasteiger partial charge in [0, 0.05) is 0 Å². The van der Waals surface area contributed by atoms with Crippen molar-refractivity contribution in [3.8, 4) is 5.69 Å². The molecule has 0 unspecified atom stereocenters. The van der Waals surface area contributed by atoms with Crippen molar-refractivity contribution in [1.82, 2.24) is 20.3 Å². The van der Waals surface area contributed by atoms with E-state index in [-0.39, 0.29) is 18.2 Å². The van der Waals surface area contributed by atoms with Gasteiger partial charge in [0.05, 0.1) is 24.0 Å². The van der Waals surface area contributed by atoms with Gasteiger partial charge in [-0.25, -0.2) is 4.68 Å². The Morgan fingerprint density at radius 2 is 2.00 bits per heavy atom. The number of nitrogens with zero attached hydrogens (tertiary/aromatic N) is 3. The van der Waals surface area contributed by atoms with E-state index >= 15 is 0 Å². The standard InChI is InChI=1S/C15H18N4O2/c20-11-15(8-4-5-9-15)16-14(21)13-10-19(18-17-13)12-6-2-1-3-7-12/h1-3,6-7,10,20H,4-5,8-9,11H2,(H,16,21). The van der Waals surface area contributed by atoms with Crippen LogP contribution in [0, 0.1) is 0 Å². The van der Waals surface area contributed by atoms with Crippen LogP contribution in [0.15, 0.2) is 36.5 Å². The zero-order chi connectivity index (χ0) is 14.7. The summed E-state index contributed by atoms with van der Waals surface area (Å²) in [7, 11) is 0. The third kappa shape index (κ3) is 2.80. The topological polar surface area (TPSA) is 80.0 Å². The van der Waals surface area contributed by atoms with E-state index < -0.39 is 5.54 Å². The quantitative estimate of drug-likeness (QED) is 0.888. The van der Waals surface area contributed by atoms with Crippen LogP contribution in [0.4, 0.5) is 0 Å². The summed E-state index contributed by atoms with van der Waals surface area (Å²) in [6, 6.07) is 9.50. The number of benzene rings is 1. The third-order valence-electron chi connectivity index (χ3n) is 3.99. The highest BCUT2D eigenvalue weighted by molar-refractivity contribution is 5.92. The molecule has 0 radical (unpaired) electrons. The molecule has 1 aliphatic carbocycles. The van der Waals surface area contributed by atoms with Gasteiger partial charge in [-0.1, -0.05) is 36.3 Å².